The van der Waals surface area contributed by atoms with Crippen LogP contribution in [0.2, 0.25) is 0 Å². The summed E-state index contributed by atoms with van der Waals surface area (Å²) in [7, 11) is 0. The highest BCUT2D eigenvalue weighted by molar-refractivity contribution is 5.62. The molecule has 0 N–H and O–H groups in total. The molecule has 156 valence electrons. The Morgan fingerprint density at radius 3 is 2.90 bits per heavy atom. The number of rotatable bonds is 3. The maximum atomic E-state index is 12.9. The molecule has 2 atom stereocenters. The number of imidazole rings is 1. The maximum absolute atomic E-state index is 12.9. The second-order valence-electron chi connectivity index (χ2n) is 9.05. The molecule has 31 heavy (non-hydrogen) atoms. The molecular weight excluding hydrogens is 386 g/mol. The van der Waals surface area contributed by atoms with E-state index in [0.29, 0.717) is 11.8 Å². The molecule has 6 heteroatoms. The smallest absolute Gasteiger partial charge is 0.251 e. The first-order valence-electron chi connectivity index (χ1n) is 10.9. The molecule has 0 spiro atoms. The average molecular weight is 412 g/mol. The molecule has 1 fully saturated rings. The lowest BCUT2D eigenvalue weighted by atomic mass is 9.82. The Labute approximate surface area is 180 Å². The average Bonchev–Trinajstić information content (AvgIpc) is 3.16. The molecule has 4 aromatic heterocycles. The van der Waals surface area contributed by atoms with Gasteiger partial charge in [0.25, 0.3) is 5.56 Å². The normalized spacial score (nSPS) is 20.7. The largest absolute Gasteiger partial charge is 0.312 e. The third-order valence-electron chi connectivity index (χ3n) is 6.68. The van der Waals surface area contributed by atoms with Gasteiger partial charge in [-0.25, -0.2) is 4.98 Å². The highest BCUT2D eigenvalue weighted by Gasteiger charge is 2.35. The highest BCUT2D eigenvalue weighted by Crippen LogP contribution is 2.37. The molecule has 6 nitrogen and oxygen atoms in total. The molecule has 2 aliphatic rings. The van der Waals surface area contributed by atoms with Crippen LogP contribution in [0.3, 0.4) is 0 Å². The summed E-state index contributed by atoms with van der Waals surface area (Å²) < 4.78 is 4.10. The van der Waals surface area contributed by atoms with Crippen molar-refractivity contribution < 1.29 is 0 Å². The molecule has 1 saturated heterocycles. The van der Waals surface area contributed by atoms with Crippen molar-refractivity contribution in [3.05, 3.63) is 88.5 Å². The Morgan fingerprint density at radius 2 is 2.03 bits per heavy atom. The van der Waals surface area contributed by atoms with Gasteiger partial charge >= 0.3 is 0 Å². The van der Waals surface area contributed by atoms with Gasteiger partial charge in [0.1, 0.15) is 5.65 Å². The number of aryl methyl sites for hydroxylation is 1. The highest BCUT2D eigenvalue weighted by atomic mass is 16.1. The fourth-order valence-corrected chi connectivity index (χ4v) is 5.33. The summed E-state index contributed by atoms with van der Waals surface area (Å²) in [4.78, 5) is 24.5. The predicted molar refractivity (Wildman–Crippen MR) is 120 cm³/mol. The van der Waals surface area contributed by atoms with Crippen molar-refractivity contribution in [2.24, 2.45) is 5.92 Å². The second kappa shape index (κ2) is 7.17. The minimum atomic E-state index is 0.107. The van der Waals surface area contributed by atoms with E-state index < -0.39 is 0 Å². The summed E-state index contributed by atoms with van der Waals surface area (Å²) in [6, 6.07) is 12.1. The first-order chi connectivity index (χ1) is 15.1. The van der Waals surface area contributed by atoms with E-state index in [1.807, 2.05) is 22.9 Å². The van der Waals surface area contributed by atoms with Crippen LogP contribution >= 0.6 is 0 Å². The van der Waals surface area contributed by atoms with Gasteiger partial charge in [0.15, 0.2) is 0 Å². The topological polar surface area (TPSA) is 55.4 Å². The van der Waals surface area contributed by atoms with Crippen molar-refractivity contribution in [3.8, 4) is 11.1 Å². The van der Waals surface area contributed by atoms with Crippen LogP contribution in [0.5, 0.6) is 0 Å². The predicted octanol–water partition coefficient (Wildman–Crippen LogP) is 3.49. The molecule has 0 unspecified atom stereocenters. The van der Waals surface area contributed by atoms with Gasteiger partial charge < -0.3 is 8.97 Å². The van der Waals surface area contributed by atoms with Crippen molar-refractivity contribution >= 4 is 5.65 Å². The van der Waals surface area contributed by atoms with Crippen LogP contribution in [0.15, 0.2) is 66.0 Å². The standard InChI is InChI=1S/C25H25N5O/c1-17-4-6-29-16-22(27-24(29)7-17)15-28-12-18-8-21(14-28)23-9-20(10-25(31)30(23)13-18)19-3-2-5-26-11-19/h2-7,9-11,16,18,21H,8,12-15H2,1H3/t18-,21+/m0/s1. The molecule has 0 aliphatic carbocycles. The van der Waals surface area contributed by atoms with Gasteiger partial charge in [-0.2, -0.15) is 0 Å². The summed E-state index contributed by atoms with van der Waals surface area (Å²) in [5.41, 5.74) is 6.57. The molecule has 4 aromatic rings. The molecule has 0 aromatic carbocycles. The van der Waals surface area contributed by atoms with E-state index in [9.17, 15) is 4.79 Å². The van der Waals surface area contributed by atoms with Crippen LogP contribution in [0.4, 0.5) is 0 Å². The SMILES string of the molecule is Cc1ccn2cc(CN3C[C@@H]4C[C@H](C3)c3cc(-c5cccnc5)cc(=O)n3C4)nc2c1. The monoisotopic (exact) mass is 411 g/mol. The number of hydrogen-bond donors (Lipinski definition) is 0. The fourth-order valence-electron chi connectivity index (χ4n) is 5.33. The molecule has 0 radical (unpaired) electrons. The number of fused-ring (bicyclic) bond motifs is 5. The molecule has 2 bridgehead atoms. The number of aromatic nitrogens is 4. The Kier molecular flexibility index (Phi) is 4.28. The van der Waals surface area contributed by atoms with Crippen molar-refractivity contribution in [3.63, 3.8) is 0 Å². The van der Waals surface area contributed by atoms with Gasteiger partial charge in [0.2, 0.25) is 0 Å². The van der Waals surface area contributed by atoms with Gasteiger partial charge in [-0.15, -0.1) is 0 Å². The number of likely N-dealkylation sites (tertiary alicyclic amines) is 1. The lowest BCUT2D eigenvalue weighted by molar-refractivity contribution is 0.113. The molecule has 0 amide bonds. The Bertz CT molecular complexity index is 1320. The molecular formula is C25H25N5O. The van der Waals surface area contributed by atoms with Crippen molar-refractivity contribution in [2.75, 3.05) is 13.1 Å². The number of nitrogens with zero attached hydrogens (tertiary/aromatic N) is 5. The van der Waals surface area contributed by atoms with E-state index in [1.54, 1.807) is 12.3 Å². The third kappa shape index (κ3) is 3.37. The molecule has 6 rings (SSSR count). The van der Waals surface area contributed by atoms with E-state index in [2.05, 4.69) is 51.8 Å². The van der Waals surface area contributed by atoms with Gasteiger partial charge in [-0.05, 0) is 54.7 Å². The zero-order valence-electron chi connectivity index (χ0n) is 17.6. The van der Waals surface area contributed by atoms with E-state index in [1.165, 1.54) is 5.56 Å². The Hall–Kier alpha value is -3.25. The number of pyridine rings is 3. The first kappa shape index (κ1) is 18.5. The van der Waals surface area contributed by atoms with Gasteiger partial charge in [-0.3, -0.25) is 14.7 Å². The van der Waals surface area contributed by atoms with Crippen molar-refractivity contribution in [1.29, 1.82) is 0 Å². The summed E-state index contributed by atoms with van der Waals surface area (Å²) in [6.07, 6.45) is 8.96. The van der Waals surface area contributed by atoms with Gasteiger partial charge in [0.05, 0.1) is 5.69 Å². The van der Waals surface area contributed by atoms with E-state index in [4.69, 9.17) is 4.98 Å². The molecule has 6 heterocycles. The van der Waals surface area contributed by atoms with Crippen LogP contribution in [-0.4, -0.2) is 36.9 Å². The van der Waals surface area contributed by atoms with Crippen LogP contribution in [0, 0.1) is 12.8 Å². The van der Waals surface area contributed by atoms with E-state index in [0.717, 1.165) is 60.8 Å². The minimum absolute atomic E-state index is 0.107. The first-order valence-corrected chi connectivity index (χ1v) is 10.9. The van der Waals surface area contributed by atoms with Crippen molar-refractivity contribution in [2.45, 2.75) is 32.4 Å². The van der Waals surface area contributed by atoms with Crippen molar-refractivity contribution in [1.82, 2.24) is 23.8 Å². The molecule has 0 saturated carbocycles. The summed E-state index contributed by atoms with van der Waals surface area (Å²) >= 11 is 0. The van der Waals surface area contributed by atoms with Crippen LogP contribution in [-0.2, 0) is 13.1 Å². The lowest BCUT2D eigenvalue weighted by Gasteiger charge is -2.42. The summed E-state index contributed by atoms with van der Waals surface area (Å²) in [6.45, 7) is 5.72. The maximum Gasteiger partial charge on any atom is 0.251 e. The third-order valence-corrected chi connectivity index (χ3v) is 6.68. The second-order valence-corrected chi connectivity index (χ2v) is 9.05. The fraction of sp³-hybridized carbons (Fsp3) is 0.320. The molecule has 2 aliphatic heterocycles. The van der Waals surface area contributed by atoms with Gasteiger partial charge in [0, 0.05) is 74.2 Å². The lowest BCUT2D eigenvalue weighted by Crippen LogP contribution is -2.46. The summed E-state index contributed by atoms with van der Waals surface area (Å²) in [5, 5.41) is 0. The van der Waals surface area contributed by atoms with E-state index >= 15 is 0 Å². The van der Waals surface area contributed by atoms with Crippen LogP contribution < -0.4 is 5.56 Å². The Balaban J connectivity index is 1.29. The van der Waals surface area contributed by atoms with E-state index in [-0.39, 0.29) is 5.56 Å². The number of hydrogen-bond acceptors (Lipinski definition) is 4. The minimum Gasteiger partial charge on any atom is -0.312 e. The zero-order chi connectivity index (χ0) is 20.9. The number of piperidine rings is 1. The summed E-state index contributed by atoms with van der Waals surface area (Å²) in [5.74, 6) is 0.878. The zero-order valence-corrected chi connectivity index (χ0v) is 17.6. The van der Waals surface area contributed by atoms with Crippen LogP contribution in [0.1, 0.15) is 29.3 Å². The van der Waals surface area contributed by atoms with Gasteiger partial charge in [-0.1, -0.05) is 6.07 Å². The quantitative estimate of drug-likeness (QED) is 0.518. The Morgan fingerprint density at radius 1 is 1.10 bits per heavy atom. The van der Waals surface area contributed by atoms with Crippen LogP contribution in [0.25, 0.3) is 16.8 Å².